The molecule has 1 rings (SSSR count). The highest BCUT2D eigenvalue weighted by Crippen LogP contribution is 2.12. The molecule has 3 unspecified atom stereocenters. The second-order valence-corrected chi connectivity index (χ2v) is 4.12. The summed E-state index contributed by atoms with van der Waals surface area (Å²) in [6.07, 6.45) is 2.70. The quantitative estimate of drug-likeness (QED) is 0.714. The van der Waals surface area contributed by atoms with Crippen LogP contribution in [0.4, 0.5) is 0 Å². The second-order valence-electron chi connectivity index (χ2n) is 4.12. The molecule has 15 heavy (non-hydrogen) atoms. The Balaban J connectivity index is 2.16. The zero-order valence-corrected chi connectivity index (χ0v) is 9.99. The Labute approximate surface area is 92.3 Å². The van der Waals surface area contributed by atoms with Crippen LogP contribution in [0.15, 0.2) is 0 Å². The van der Waals surface area contributed by atoms with Gasteiger partial charge >= 0.3 is 0 Å². The third-order valence-electron chi connectivity index (χ3n) is 2.81. The average Bonchev–Trinajstić information content (AvgIpc) is 2.24. The molecular formula is C11H23NO3. The number of hydrogen-bond donors (Lipinski definition) is 1. The fourth-order valence-electron chi connectivity index (χ4n) is 1.88. The molecule has 0 saturated carbocycles. The van der Waals surface area contributed by atoms with Gasteiger partial charge in [0.25, 0.3) is 0 Å². The van der Waals surface area contributed by atoms with Gasteiger partial charge in [-0.05, 0) is 19.8 Å². The molecule has 1 aliphatic rings. The van der Waals surface area contributed by atoms with Crippen LogP contribution in [0.3, 0.4) is 0 Å². The third-order valence-corrected chi connectivity index (χ3v) is 2.81. The Morgan fingerprint density at radius 3 is 2.87 bits per heavy atom. The lowest BCUT2D eigenvalue weighted by atomic mass is 10.0. The molecule has 3 atom stereocenters. The van der Waals surface area contributed by atoms with Crippen LogP contribution in [0.25, 0.3) is 0 Å². The molecule has 1 N–H and O–H groups in total. The van der Waals surface area contributed by atoms with Crippen molar-refractivity contribution in [3.8, 4) is 0 Å². The van der Waals surface area contributed by atoms with Crippen LogP contribution in [0.2, 0.25) is 0 Å². The Kier molecular flexibility index (Phi) is 6.17. The third kappa shape index (κ3) is 4.93. The van der Waals surface area contributed by atoms with E-state index in [4.69, 9.17) is 14.2 Å². The molecule has 1 aliphatic heterocycles. The molecule has 0 spiro atoms. The van der Waals surface area contributed by atoms with E-state index < -0.39 is 0 Å². The smallest absolute Gasteiger partial charge is 0.0928 e. The van der Waals surface area contributed by atoms with Crippen molar-refractivity contribution in [2.45, 2.75) is 38.0 Å². The lowest BCUT2D eigenvalue weighted by Gasteiger charge is -2.29. The number of rotatable bonds is 6. The van der Waals surface area contributed by atoms with E-state index in [1.54, 1.807) is 14.2 Å². The Morgan fingerprint density at radius 1 is 1.47 bits per heavy atom. The maximum Gasteiger partial charge on any atom is 0.0928 e. The van der Waals surface area contributed by atoms with Gasteiger partial charge in [-0.2, -0.15) is 0 Å². The molecule has 0 aromatic carbocycles. The van der Waals surface area contributed by atoms with Gasteiger partial charge in [0.05, 0.1) is 18.8 Å². The molecule has 1 fully saturated rings. The van der Waals surface area contributed by atoms with Crippen LogP contribution >= 0.6 is 0 Å². The summed E-state index contributed by atoms with van der Waals surface area (Å²) in [6.45, 7) is 4.47. The van der Waals surface area contributed by atoms with Gasteiger partial charge in [0, 0.05) is 33.4 Å². The van der Waals surface area contributed by atoms with Gasteiger partial charge in [-0.25, -0.2) is 0 Å². The minimum atomic E-state index is 0.146. The van der Waals surface area contributed by atoms with Crippen molar-refractivity contribution in [1.29, 1.82) is 0 Å². The first kappa shape index (κ1) is 12.9. The summed E-state index contributed by atoms with van der Waals surface area (Å²) >= 11 is 0. The highest BCUT2D eigenvalue weighted by Gasteiger charge is 2.19. The SMILES string of the molecule is COCC(CNC1CCOC(C)C1)OC. The first-order valence-electron chi connectivity index (χ1n) is 5.63. The molecule has 4 nitrogen and oxygen atoms in total. The summed E-state index contributed by atoms with van der Waals surface area (Å²) < 4.78 is 15.8. The Morgan fingerprint density at radius 2 is 2.27 bits per heavy atom. The maximum atomic E-state index is 5.49. The zero-order chi connectivity index (χ0) is 11.1. The lowest BCUT2D eigenvalue weighted by molar-refractivity contribution is 0.00133. The van der Waals surface area contributed by atoms with Crippen molar-refractivity contribution in [2.75, 3.05) is 34.0 Å². The van der Waals surface area contributed by atoms with Gasteiger partial charge in [0.15, 0.2) is 0 Å². The van der Waals surface area contributed by atoms with Crippen molar-refractivity contribution in [3.63, 3.8) is 0 Å². The fraction of sp³-hybridized carbons (Fsp3) is 1.00. The first-order valence-corrected chi connectivity index (χ1v) is 5.63. The average molecular weight is 217 g/mol. The number of nitrogens with one attached hydrogen (secondary N) is 1. The summed E-state index contributed by atoms with van der Waals surface area (Å²) in [6, 6.07) is 0.559. The zero-order valence-electron chi connectivity index (χ0n) is 9.99. The van der Waals surface area contributed by atoms with E-state index in [-0.39, 0.29) is 6.10 Å². The van der Waals surface area contributed by atoms with Crippen LogP contribution in [0, 0.1) is 0 Å². The van der Waals surface area contributed by atoms with Crippen LogP contribution in [-0.4, -0.2) is 52.2 Å². The molecule has 1 saturated heterocycles. The van der Waals surface area contributed by atoms with Gasteiger partial charge in [0.2, 0.25) is 0 Å². The van der Waals surface area contributed by atoms with Crippen molar-refractivity contribution in [1.82, 2.24) is 5.32 Å². The summed E-state index contributed by atoms with van der Waals surface area (Å²) in [5, 5.41) is 3.50. The number of ether oxygens (including phenoxy) is 3. The van der Waals surface area contributed by atoms with Crippen molar-refractivity contribution >= 4 is 0 Å². The Bertz CT molecular complexity index is 166. The van der Waals surface area contributed by atoms with Gasteiger partial charge in [-0.3, -0.25) is 0 Å². The monoisotopic (exact) mass is 217 g/mol. The second kappa shape index (κ2) is 7.17. The van der Waals surface area contributed by atoms with Gasteiger partial charge in [-0.1, -0.05) is 0 Å². The van der Waals surface area contributed by atoms with Crippen LogP contribution in [0.5, 0.6) is 0 Å². The van der Waals surface area contributed by atoms with Crippen LogP contribution in [0.1, 0.15) is 19.8 Å². The molecule has 0 bridgehead atoms. The van der Waals surface area contributed by atoms with Crippen molar-refractivity contribution in [3.05, 3.63) is 0 Å². The molecular weight excluding hydrogens is 194 g/mol. The van der Waals surface area contributed by atoms with E-state index in [2.05, 4.69) is 12.2 Å². The summed E-state index contributed by atoms with van der Waals surface area (Å²) in [7, 11) is 3.42. The van der Waals surface area contributed by atoms with Crippen molar-refractivity contribution in [2.24, 2.45) is 0 Å². The van der Waals surface area contributed by atoms with Crippen molar-refractivity contribution < 1.29 is 14.2 Å². The van der Waals surface area contributed by atoms with E-state index >= 15 is 0 Å². The predicted molar refractivity (Wildman–Crippen MR) is 59.1 cm³/mol. The predicted octanol–water partition coefficient (Wildman–Crippen LogP) is 0.805. The normalized spacial score (nSPS) is 29.0. The summed E-state index contributed by atoms with van der Waals surface area (Å²) in [5.74, 6) is 0. The van der Waals surface area contributed by atoms with Gasteiger partial charge in [-0.15, -0.1) is 0 Å². The summed E-state index contributed by atoms with van der Waals surface area (Å²) in [5.41, 5.74) is 0. The topological polar surface area (TPSA) is 39.7 Å². The molecule has 0 aliphatic carbocycles. The van der Waals surface area contributed by atoms with E-state index in [9.17, 15) is 0 Å². The fourth-order valence-corrected chi connectivity index (χ4v) is 1.88. The van der Waals surface area contributed by atoms with E-state index in [0.717, 1.165) is 26.0 Å². The van der Waals surface area contributed by atoms with Crippen LogP contribution < -0.4 is 5.32 Å². The maximum absolute atomic E-state index is 5.49. The van der Waals surface area contributed by atoms with Gasteiger partial charge < -0.3 is 19.5 Å². The Hall–Kier alpha value is -0.160. The molecule has 90 valence electrons. The van der Waals surface area contributed by atoms with Gasteiger partial charge in [0.1, 0.15) is 0 Å². The molecule has 4 heteroatoms. The van der Waals surface area contributed by atoms with E-state index in [1.165, 1.54) is 0 Å². The largest absolute Gasteiger partial charge is 0.382 e. The minimum Gasteiger partial charge on any atom is -0.382 e. The van der Waals surface area contributed by atoms with Crippen LogP contribution in [-0.2, 0) is 14.2 Å². The van der Waals surface area contributed by atoms with E-state index in [0.29, 0.717) is 18.8 Å². The minimum absolute atomic E-state index is 0.146. The molecule has 0 aromatic heterocycles. The standard InChI is InChI=1S/C11H23NO3/c1-9-6-10(4-5-15-9)12-7-11(14-3)8-13-2/h9-12H,4-8H2,1-3H3. The van der Waals surface area contributed by atoms with E-state index in [1.807, 2.05) is 0 Å². The highest BCUT2D eigenvalue weighted by atomic mass is 16.5. The lowest BCUT2D eigenvalue weighted by Crippen LogP contribution is -2.42. The molecule has 0 radical (unpaired) electrons. The highest BCUT2D eigenvalue weighted by molar-refractivity contribution is 4.76. The molecule has 1 heterocycles. The molecule has 0 aromatic rings. The molecule has 0 amide bonds. The summed E-state index contributed by atoms with van der Waals surface area (Å²) in [4.78, 5) is 0. The number of methoxy groups -OCH3 is 2. The number of hydrogen-bond acceptors (Lipinski definition) is 4. The first-order chi connectivity index (χ1) is 7.26.